The van der Waals surface area contributed by atoms with E-state index in [0.29, 0.717) is 5.56 Å². The smallest absolute Gasteiger partial charge is 0.188 e. The molecule has 1 aromatic rings. The van der Waals surface area contributed by atoms with E-state index in [-0.39, 0.29) is 5.78 Å². The standard InChI is InChI=1S/C8H8N2O/c1-3-8(11)7-5-9-10(4-2)6-7/h3-6H,1-2H2. The maximum Gasteiger partial charge on any atom is 0.188 e. The topological polar surface area (TPSA) is 34.9 Å². The van der Waals surface area contributed by atoms with Crippen molar-refractivity contribution in [1.29, 1.82) is 0 Å². The minimum atomic E-state index is -0.127. The van der Waals surface area contributed by atoms with Crippen LogP contribution in [0.15, 0.2) is 31.6 Å². The highest BCUT2D eigenvalue weighted by Gasteiger charge is 2.01. The summed E-state index contributed by atoms with van der Waals surface area (Å²) >= 11 is 0. The second-order valence-corrected chi connectivity index (χ2v) is 1.96. The van der Waals surface area contributed by atoms with Crippen LogP contribution in [0.25, 0.3) is 6.20 Å². The molecule has 0 atom stereocenters. The summed E-state index contributed by atoms with van der Waals surface area (Å²) in [4.78, 5) is 10.9. The molecule has 0 fully saturated rings. The van der Waals surface area contributed by atoms with Crippen molar-refractivity contribution in [3.8, 4) is 0 Å². The molecule has 56 valence electrons. The Bertz CT molecular complexity index is 299. The molecule has 1 aromatic heterocycles. The van der Waals surface area contributed by atoms with Crippen molar-refractivity contribution in [2.45, 2.75) is 0 Å². The van der Waals surface area contributed by atoms with Gasteiger partial charge in [0.25, 0.3) is 0 Å². The predicted molar refractivity (Wildman–Crippen MR) is 43.1 cm³/mol. The lowest BCUT2D eigenvalue weighted by atomic mass is 10.2. The quantitative estimate of drug-likeness (QED) is 0.479. The first-order valence-electron chi connectivity index (χ1n) is 3.11. The van der Waals surface area contributed by atoms with Crippen molar-refractivity contribution in [3.63, 3.8) is 0 Å². The van der Waals surface area contributed by atoms with Crippen LogP contribution in [0, 0.1) is 0 Å². The average Bonchev–Trinajstić information content (AvgIpc) is 2.50. The van der Waals surface area contributed by atoms with Crippen LogP contribution < -0.4 is 0 Å². The third-order valence-corrected chi connectivity index (χ3v) is 1.26. The summed E-state index contributed by atoms with van der Waals surface area (Å²) in [5.74, 6) is -0.127. The molecule has 0 radical (unpaired) electrons. The third kappa shape index (κ3) is 1.43. The van der Waals surface area contributed by atoms with Crippen LogP contribution in [0.4, 0.5) is 0 Å². The Hall–Kier alpha value is -1.64. The fourth-order valence-electron chi connectivity index (χ4n) is 0.683. The van der Waals surface area contributed by atoms with Crippen LogP contribution in [0.5, 0.6) is 0 Å². The highest BCUT2D eigenvalue weighted by molar-refractivity contribution is 6.03. The van der Waals surface area contributed by atoms with Gasteiger partial charge in [0.05, 0.1) is 11.8 Å². The number of carbonyl (C=O) groups is 1. The van der Waals surface area contributed by atoms with E-state index in [1.807, 2.05) is 0 Å². The van der Waals surface area contributed by atoms with Gasteiger partial charge in [-0.3, -0.25) is 4.79 Å². The first-order chi connectivity index (χ1) is 5.27. The number of hydrogen-bond donors (Lipinski definition) is 0. The molecule has 1 rings (SSSR count). The Labute approximate surface area is 64.6 Å². The monoisotopic (exact) mass is 148 g/mol. The highest BCUT2D eigenvalue weighted by atomic mass is 16.1. The summed E-state index contributed by atoms with van der Waals surface area (Å²) in [6, 6.07) is 0. The number of hydrogen-bond acceptors (Lipinski definition) is 2. The number of allylic oxidation sites excluding steroid dienone is 1. The van der Waals surface area contributed by atoms with Crippen molar-refractivity contribution in [3.05, 3.63) is 37.2 Å². The van der Waals surface area contributed by atoms with Gasteiger partial charge in [0.15, 0.2) is 5.78 Å². The molecule has 0 aromatic carbocycles. The Morgan fingerprint density at radius 1 is 1.64 bits per heavy atom. The van der Waals surface area contributed by atoms with Gasteiger partial charge in [-0.05, 0) is 6.08 Å². The molecule has 0 saturated heterocycles. The van der Waals surface area contributed by atoms with Crippen LogP contribution in [-0.2, 0) is 0 Å². The lowest BCUT2D eigenvalue weighted by Crippen LogP contribution is -1.89. The van der Waals surface area contributed by atoms with Gasteiger partial charge in [0, 0.05) is 12.4 Å². The minimum Gasteiger partial charge on any atom is -0.289 e. The second-order valence-electron chi connectivity index (χ2n) is 1.96. The number of aromatic nitrogens is 2. The van der Waals surface area contributed by atoms with Gasteiger partial charge < -0.3 is 0 Å². The van der Waals surface area contributed by atoms with Gasteiger partial charge in [-0.1, -0.05) is 13.2 Å². The molecule has 0 saturated carbocycles. The van der Waals surface area contributed by atoms with E-state index < -0.39 is 0 Å². The van der Waals surface area contributed by atoms with Crippen molar-refractivity contribution in [2.24, 2.45) is 0 Å². The summed E-state index contributed by atoms with van der Waals surface area (Å²) in [5, 5.41) is 3.83. The fourth-order valence-corrected chi connectivity index (χ4v) is 0.683. The largest absolute Gasteiger partial charge is 0.289 e. The molecule has 3 nitrogen and oxygen atoms in total. The molecule has 0 aliphatic heterocycles. The van der Waals surface area contributed by atoms with Crippen LogP contribution >= 0.6 is 0 Å². The van der Waals surface area contributed by atoms with Crippen molar-refractivity contribution in [1.82, 2.24) is 9.78 Å². The van der Waals surface area contributed by atoms with Gasteiger partial charge in [-0.2, -0.15) is 5.10 Å². The molecule has 0 bridgehead atoms. The van der Waals surface area contributed by atoms with E-state index in [9.17, 15) is 4.79 Å². The molecule has 0 N–H and O–H groups in total. The molecule has 11 heavy (non-hydrogen) atoms. The van der Waals surface area contributed by atoms with Crippen LogP contribution in [0.1, 0.15) is 10.4 Å². The summed E-state index contributed by atoms with van der Waals surface area (Å²) in [7, 11) is 0. The molecule has 0 unspecified atom stereocenters. The zero-order chi connectivity index (χ0) is 8.27. The fraction of sp³-hybridized carbons (Fsp3) is 0. The van der Waals surface area contributed by atoms with E-state index in [1.54, 1.807) is 6.20 Å². The first kappa shape index (κ1) is 7.47. The highest BCUT2D eigenvalue weighted by Crippen LogP contribution is 1.99. The second kappa shape index (κ2) is 2.96. The Morgan fingerprint density at radius 2 is 2.36 bits per heavy atom. The Balaban J connectivity index is 2.97. The van der Waals surface area contributed by atoms with Crippen molar-refractivity contribution in [2.75, 3.05) is 0 Å². The van der Waals surface area contributed by atoms with E-state index in [0.717, 1.165) is 0 Å². The lowest BCUT2D eigenvalue weighted by molar-refractivity contribution is 0.104. The lowest BCUT2D eigenvalue weighted by Gasteiger charge is -1.85. The van der Waals surface area contributed by atoms with Crippen molar-refractivity contribution < 1.29 is 4.79 Å². The molecule has 0 amide bonds. The molecular formula is C8H8N2O. The van der Waals surface area contributed by atoms with Gasteiger partial charge in [0.1, 0.15) is 0 Å². The van der Waals surface area contributed by atoms with Gasteiger partial charge in [-0.15, -0.1) is 0 Å². The van der Waals surface area contributed by atoms with Crippen molar-refractivity contribution >= 4 is 12.0 Å². The molecule has 0 spiro atoms. The number of rotatable bonds is 3. The molecule has 0 aliphatic rings. The Morgan fingerprint density at radius 3 is 2.82 bits per heavy atom. The normalized spacial score (nSPS) is 9.09. The Kier molecular flexibility index (Phi) is 2.01. The maximum atomic E-state index is 10.9. The zero-order valence-corrected chi connectivity index (χ0v) is 6.03. The molecular weight excluding hydrogens is 140 g/mol. The zero-order valence-electron chi connectivity index (χ0n) is 6.03. The predicted octanol–water partition coefficient (Wildman–Crippen LogP) is 1.35. The first-order valence-corrected chi connectivity index (χ1v) is 3.11. The summed E-state index contributed by atoms with van der Waals surface area (Å²) in [6.07, 6.45) is 5.84. The minimum absolute atomic E-state index is 0.127. The molecule has 1 heterocycles. The number of carbonyl (C=O) groups excluding carboxylic acids is 1. The maximum absolute atomic E-state index is 10.9. The van der Waals surface area contributed by atoms with E-state index >= 15 is 0 Å². The number of ketones is 1. The summed E-state index contributed by atoms with van der Waals surface area (Å²) < 4.78 is 1.47. The van der Waals surface area contributed by atoms with Gasteiger partial charge in [0.2, 0.25) is 0 Å². The SMILES string of the molecule is C=CC(=O)c1cnn(C=C)c1. The van der Waals surface area contributed by atoms with Crippen LogP contribution in [-0.4, -0.2) is 15.6 Å². The third-order valence-electron chi connectivity index (χ3n) is 1.26. The van der Waals surface area contributed by atoms with Crippen LogP contribution in [0.3, 0.4) is 0 Å². The van der Waals surface area contributed by atoms with Gasteiger partial charge >= 0.3 is 0 Å². The summed E-state index contributed by atoms with van der Waals surface area (Å²) in [5.41, 5.74) is 0.528. The summed E-state index contributed by atoms with van der Waals surface area (Å²) in [6.45, 7) is 6.85. The van der Waals surface area contributed by atoms with Crippen LogP contribution in [0.2, 0.25) is 0 Å². The molecule has 3 heteroatoms. The van der Waals surface area contributed by atoms with E-state index in [4.69, 9.17) is 0 Å². The number of nitrogens with zero attached hydrogens (tertiary/aromatic N) is 2. The average molecular weight is 148 g/mol. The molecule has 0 aliphatic carbocycles. The van der Waals surface area contributed by atoms with E-state index in [2.05, 4.69) is 18.3 Å². The van der Waals surface area contributed by atoms with E-state index in [1.165, 1.54) is 23.2 Å². The van der Waals surface area contributed by atoms with Gasteiger partial charge in [-0.25, -0.2) is 4.68 Å².